The van der Waals surface area contributed by atoms with Crippen LogP contribution in [0.4, 0.5) is 0 Å². The van der Waals surface area contributed by atoms with E-state index in [1.54, 1.807) is 12.1 Å². The number of hydrogen-bond acceptors (Lipinski definition) is 3. The molecule has 0 bridgehead atoms. The number of rotatable bonds is 2. The molecule has 2 aromatic carbocycles. The minimum absolute atomic E-state index is 0.0985. The summed E-state index contributed by atoms with van der Waals surface area (Å²) < 4.78 is 0. The predicted octanol–water partition coefficient (Wildman–Crippen LogP) is 2.40. The molecule has 4 nitrogen and oxygen atoms in total. The maximum absolute atomic E-state index is 12.2. The van der Waals surface area contributed by atoms with Crippen LogP contribution in [0, 0.1) is 6.92 Å². The van der Waals surface area contributed by atoms with Crippen LogP contribution < -0.4 is 5.43 Å². The van der Waals surface area contributed by atoms with Gasteiger partial charge in [-0.25, -0.2) is 5.01 Å². The van der Waals surface area contributed by atoms with Gasteiger partial charge in [0.2, 0.25) is 0 Å². The van der Waals surface area contributed by atoms with Crippen LogP contribution in [0.1, 0.15) is 27.0 Å². The molecule has 0 radical (unpaired) electrons. The van der Waals surface area contributed by atoms with Crippen molar-refractivity contribution in [2.75, 3.05) is 6.54 Å². The molecule has 2 aromatic rings. The van der Waals surface area contributed by atoms with Gasteiger partial charge in [-0.05, 0) is 48.7 Å². The average molecular weight is 282 g/mol. The van der Waals surface area contributed by atoms with E-state index in [-0.39, 0.29) is 11.7 Å². The third kappa shape index (κ3) is 3.06. The molecule has 0 spiro atoms. The van der Waals surface area contributed by atoms with Crippen molar-refractivity contribution in [3.63, 3.8) is 0 Å². The van der Waals surface area contributed by atoms with Gasteiger partial charge in [-0.15, -0.1) is 0 Å². The van der Waals surface area contributed by atoms with Gasteiger partial charge >= 0.3 is 0 Å². The van der Waals surface area contributed by atoms with E-state index < -0.39 is 0 Å². The summed E-state index contributed by atoms with van der Waals surface area (Å²) in [6.45, 7) is 3.38. The normalized spacial score (nSPS) is 14.5. The number of nitrogens with one attached hydrogen (secondary N) is 1. The summed E-state index contributed by atoms with van der Waals surface area (Å²) in [5, 5.41) is 11.4. The molecule has 2 N–H and O–H groups in total. The SMILES string of the molecule is Cc1ccc(C(=O)NN2CCc3ccc(O)cc3C2)cc1. The van der Waals surface area contributed by atoms with E-state index in [1.807, 2.05) is 42.3 Å². The zero-order valence-electron chi connectivity index (χ0n) is 12.0. The van der Waals surface area contributed by atoms with Crippen LogP contribution in [0.15, 0.2) is 42.5 Å². The number of amides is 1. The van der Waals surface area contributed by atoms with Crippen LogP contribution in [-0.2, 0) is 13.0 Å². The largest absolute Gasteiger partial charge is 0.508 e. The van der Waals surface area contributed by atoms with Gasteiger partial charge in [-0.3, -0.25) is 10.2 Å². The molecular weight excluding hydrogens is 264 g/mol. The van der Waals surface area contributed by atoms with Crippen LogP contribution >= 0.6 is 0 Å². The Kier molecular flexibility index (Phi) is 3.62. The molecule has 0 saturated heterocycles. The van der Waals surface area contributed by atoms with Gasteiger partial charge < -0.3 is 5.11 Å². The highest BCUT2D eigenvalue weighted by Gasteiger charge is 2.18. The topological polar surface area (TPSA) is 52.6 Å². The van der Waals surface area contributed by atoms with Crippen molar-refractivity contribution in [3.05, 3.63) is 64.7 Å². The Morgan fingerprint density at radius 2 is 1.90 bits per heavy atom. The molecule has 1 aliphatic heterocycles. The second-order valence-corrected chi connectivity index (χ2v) is 5.43. The van der Waals surface area contributed by atoms with E-state index in [4.69, 9.17) is 0 Å². The fourth-order valence-corrected chi connectivity index (χ4v) is 2.55. The highest BCUT2D eigenvalue weighted by atomic mass is 16.3. The first-order valence-electron chi connectivity index (χ1n) is 7.05. The van der Waals surface area contributed by atoms with Crippen molar-refractivity contribution in [2.24, 2.45) is 0 Å². The standard InChI is InChI=1S/C17H18N2O2/c1-12-2-4-14(5-3-12)17(21)18-19-9-8-13-6-7-16(20)10-15(13)11-19/h2-7,10,20H,8-9,11H2,1H3,(H,18,21). The number of carbonyl (C=O) groups is 1. The number of aryl methyl sites for hydroxylation is 1. The minimum Gasteiger partial charge on any atom is -0.508 e. The van der Waals surface area contributed by atoms with Crippen molar-refractivity contribution in [1.82, 2.24) is 10.4 Å². The van der Waals surface area contributed by atoms with Gasteiger partial charge in [-0.1, -0.05) is 23.8 Å². The van der Waals surface area contributed by atoms with Crippen LogP contribution in [0.25, 0.3) is 0 Å². The Bertz CT molecular complexity index is 665. The summed E-state index contributed by atoms with van der Waals surface area (Å²) in [6.07, 6.45) is 0.865. The van der Waals surface area contributed by atoms with Gasteiger partial charge in [0.15, 0.2) is 0 Å². The van der Waals surface area contributed by atoms with E-state index in [2.05, 4.69) is 5.43 Å². The molecule has 0 atom stereocenters. The number of fused-ring (bicyclic) bond motifs is 1. The van der Waals surface area contributed by atoms with Gasteiger partial charge in [-0.2, -0.15) is 0 Å². The average Bonchev–Trinajstić information content (AvgIpc) is 2.47. The third-order valence-corrected chi connectivity index (χ3v) is 3.78. The smallest absolute Gasteiger partial charge is 0.265 e. The number of phenols is 1. The lowest BCUT2D eigenvalue weighted by molar-refractivity contribution is 0.0763. The molecule has 0 unspecified atom stereocenters. The minimum atomic E-state index is -0.0985. The van der Waals surface area contributed by atoms with Crippen molar-refractivity contribution in [2.45, 2.75) is 19.9 Å². The summed E-state index contributed by atoms with van der Waals surface area (Å²) in [5.41, 5.74) is 7.01. The number of benzene rings is 2. The molecule has 4 heteroatoms. The monoisotopic (exact) mass is 282 g/mol. The van der Waals surface area contributed by atoms with Gasteiger partial charge in [0.1, 0.15) is 5.75 Å². The Labute approximate surface area is 124 Å². The molecule has 108 valence electrons. The number of phenolic OH excluding ortho intramolecular Hbond substituents is 1. The molecule has 1 heterocycles. The van der Waals surface area contributed by atoms with E-state index in [0.29, 0.717) is 12.1 Å². The first-order valence-corrected chi connectivity index (χ1v) is 7.05. The van der Waals surface area contributed by atoms with Crippen LogP contribution in [0.5, 0.6) is 5.75 Å². The van der Waals surface area contributed by atoms with Gasteiger partial charge in [0.05, 0.1) is 0 Å². The van der Waals surface area contributed by atoms with E-state index in [0.717, 1.165) is 24.1 Å². The summed E-state index contributed by atoms with van der Waals surface area (Å²) >= 11 is 0. The van der Waals surface area contributed by atoms with Crippen molar-refractivity contribution >= 4 is 5.91 Å². The van der Waals surface area contributed by atoms with Gasteiger partial charge in [0, 0.05) is 18.7 Å². The quantitative estimate of drug-likeness (QED) is 0.889. The Morgan fingerprint density at radius 3 is 2.67 bits per heavy atom. The first kappa shape index (κ1) is 13.6. The van der Waals surface area contributed by atoms with Crippen molar-refractivity contribution < 1.29 is 9.90 Å². The lowest BCUT2D eigenvalue weighted by atomic mass is 10.0. The second-order valence-electron chi connectivity index (χ2n) is 5.43. The molecule has 21 heavy (non-hydrogen) atoms. The molecule has 1 aliphatic rings. The fourth-order valence-electron chi connectivity index (χ4n) is 2.55. The highest BCUT2D eigenvalue weighted by molar-refractivity contribution is 5.93. The molecule has 3 rings (SSSR count). The molecule has 0 fully saturated rings. The zero-order chi connectivity index (χ0) is 14.8. The molecular formula is C17H18N2O2. The van der Waals surface area contributed by atoms with Crippen LogP contribution in [0.2, 0.25) is 0 Å². The lowest BCUT2D eigenvalue weighted by Gasteiger charge is -2.29. The van der Waals surface area contributed by atoms with Crippen LogP contribution in [-0.4, -0.2) is 22.6 Å². The number of carbonyl (C=O) groups excluding carboxylic acids is 1. The number of nitrogens with zero attached hydrogens (tertiary/aromatic N) is 1. The van der Waals surface area contributed by atoms with Crippen molar-refractivity contribution in [3.8, 4) is 5.75 Å². The Morgan fingerprint density at radius 1 is 1.14 bits per heavy atom. The van der Waals surface area contributed by atoms with E-state index >= 15 is 0 Å². The lowest BCUT2D eigenvalue weighted by Crippen LogP contribution is -2.44. The maximum atomic E-state index is 12.2. The number of aromatic hydroxyl groups is 1. The van der Waals surface area contributed by atoms with E-state index in [9.17, 15) is 9.90 Å². The summed E-state index contributed by atoms with van der Waals surface area (Å²) in [5.74, 6) is 0.166. The Balaban J connectivity index is 1.69. The summed E-state index contributed by atoms with van der Waals surface area (Å²) in [7, 11) is 0. The zero-order valence-corrected chi connectivity index (χ0v) is 12.0. The summed E-state index contributed by atoms with van der Waals surface area (Å²) in [4.78, 5) is 12.2. The van der Waals surface area contributed by atoms with E-state index in [1.165, 1.54) is 5.56 Å². The Hall–Kier alpha value is -2.33. The van der Waals surface area contributed by atoms with Gasteiger partial charge in [0.25, 0.3) is 5.91 Å². The maximum Gasteiger partial charge on any atom is 0.265 e. The third-order valence-electron chi connectivity index (χ3n) is 3.78. The molecule has 0 aromatic heterocycles. The molecule has 1 amide bonds. The number of hydrogen-bond donors (Lipinski definition) is 2. The predicted molar refractivity (Wildman–Crippen MR) is 80.9 cm³/mol. The number of hydrazine groups is 1. The second kappa shape index (κ2) is 5.58. The fraction of sp³-hybridized carbons (Fsp3) is 0.235. The molecule has 0 aliphatic carbocycles. The van der Waals surface area contributed by atoms with Crippen molar-refractivity contribution in [1.29, 1.82) is 0 Å². The summed E-state index contributed by atoms with van der Waals surface area (Å²) in [6, 6.07) is 12.9. The highest BCUT2D eigenvalue weighted by Crippen LogP contribution is 2.22. The van der Waals surface area contributed by atoms with Crippen LogP contribution in [0.3, 0.4) is 0 Å². The molecule has 0 saturated carbocycles. The first-order chi connectivity index (χ1) is 10.1.